The number of hydrogen-bond acceptors (Lipinski definition) is 5. The highest BCUT2D eigenvalue weighted by atomic mass is 16.3. The van der Waals surface area contributed by atoms with Gasteiger partial charge in [-0.1, -0.05) is 0 Å². The zero-order valence-corrected chi connectivity index (χ0v) is 15.9. The Balaban J connectivity index is 1.46. The van der Waals surface area contributed by atoms with Gasteiger partial charge in [-0.25, -0.2) is 0 Å². The van der Waals surface area contributed by atoms with E-state index in [1.54, 1.807) is 11.8 Å². The Labute approximate surface area is 159 Å². The molecule has 0 atom stereocenters. The van der Waals surface area contributed by atoms with Crippen molar-refractivity contribution < 1.29 is 14.7 Å². The molecule has 27 heavy (non-hydrogen) atoms. The number of hydrogen-bond donors (Lipinski definition) is 1. The zero-order chi connectivity index (χ0) is 19.4. The minimum Gasteiger partial charge on any atom is -0.508 e. The Bertz CT molecular complexity index is 747. The van der Waals surface area contributed by atoms with Gasteiger partial charge in [-0.2, -0.15) is 0 Å². The highest BCUT2D eigenvalue weighted by Crippen LogP contribution is 2.11. The lowest BCUT2D eigenvalue weighted by molar-refractivity contribution is -0.140. The summed E-state index contributed by atoms with van der Waals surface area (Å²) < 4.78 is 1.49. The number of aromatic hydroxyl groups is 1. The molecule has 3 heterocycles. The maximum Gasteiger partial charge on any atom is 0.254 e. The number of likely N-dealkylation sites (tertiary alicyclic amines) is 1. The van der Waals surface area contributed by atoms with E-state index in [9.17, 15) is 19.5 Å². The van der Waals surface area contributed by atoms with Crippen LogP contribution in [-0.2, 0) is 16.1 Å². The molecule has 1 aromatic rings. The van der Waals surface area contributed by atoms with Crippen molar-refractivity contribution in [1.82, 2.24) is 19.3 Å². The van der Waals surface area contributed by atoms with Gasteiger partial charge < -0.3 is 19.5 Å². The van der Waals surface area contributed by atoms with Gasteiger partial charge in [0.2, 0.25) is 11.8 Å². The predicted molar refractivity (Wildman–Crippen MR) is 101 cm³/mol. The number of pyridine rings is 1. The lowest BCUT2D eigenvalue weighted by atomic mass is 10.2. The van der Waals surface area contributed by atoms with E-state index in [4.69, 9.17) is 0 Å². The molecule has 0 radical (unpaired) electrons. The maximum absolute atomic E-state index is 12.5. The first kappa shape index (κ1) is 19.4. The number of aryl methyl sites for hydroxylation is 1. The second-order valence-electron chi connectivity index (χ2n) is 7.34. The fourth-order valence-corrected chi connectivity index (χ4v) is 3.80. The highest BCUT2D eigenvalue weighted by Gasteiger charge is 2.25. The van der Waals surface area contributed by atoms with Gasteiger partial charge in [0.25, 0.3) is 5.56 Å². The molecule has 0 unspecified atom stereocenters. The Morgan fingerprint density at radius 2 is 1.56 bits per heavy atom. The van der Waals surface area contributed by atoms with Crippen LogP contribution in [-0.4, -0.2) is 82.0 Å². The van der Waals surface area contributed by atoms with Crippen molar-refractivity contribution in [3.05, 3.63) is 28.2 Å². The third kappa shape index (κ3) is 4.88. The van der Waals surface area contributed by atoms with Gasteiger partial charge >= 0.3 is 0 Å². The summed E-state index contributed by atoms with van der Waals surface area (Å²) in [5.41, 5.74) is 0.322. The summed E-state index contributed by atoms with van der Waals surface area (Å²) in [6.07, 6.45) is 2.56. The monoisotopic (exact) mass is 376 g/mol. The summed E-state index contributed by atoms with van der Waals surface area (Å²) in [6.45, 7) is 6.71. The summed E-state index contributed by atoms with van der Waals surface area (Å²) in [5.74, 6) is 0.0751. The van der Waals surface area contributed by atoms with Crippen LogP contribution in [0.2, 0.25) is 0 Å². The third-order valence-electron chi connectivity index (χ3n) is 5.41. The molecular weight excluding hydrogens is 348 g/mol. The molecule has 0 bridgehead atoms. The van der Waals surface area contributed by atoms with Crippen LogP contribution in [0.25, 0.3) is 0 Å². The normalized spacial score (nSPS) is 18.1. The van der Waals surface area contributed by atoms with Crippen LogP contribution in [0, 0.1) is 6.92 Å². The summed E-state index contributed by atoms with van der Waals surface area (Å²) >= 11 is 0. The van der Waals surface area contributed by atoms with Crippen molar-refractivity contribution in [2.45, 2.75) is 32.7 Å². The average Bonchev–Trinajstić information content (AvgIpc) is 3.13. The van der Waals surface area contributed by atoms with Gasteiger partial charge in [-0.05, 0) is 38.9 Å². The van der Waals surface area contributed by atoms with Crippen molar-refractivity contribution in [1.29, 1.82) is 0 Å². The van der Waals surface area contributed by atoms with Gasteiger partial charge in [0, 0.05) is 50.9 Å². The Morgan fingerprint density at radius 1 is 0.963 bits per heavy atom. The molecule has 0 aliphatic carbocycles. The number of piperazine rings is 1. The molecular formula is C19H28N4O4. The summed E-state index contributed by atoms with van der Waals surface area (Å²) in [4.78, 5) is 42.6. The van der Waals surface area contributed by atoms with Crippen LogP contribution in [0.3, 0.4) is 0 Å². The summed E-state index contributed by atoms with van der Waals surface area (Å²) in [6, 6.07) is 2.67. The van der Waals surface area contributed by atoms with Gasteiger partial charge in [0.1, 0.15) is 5.75 Å². The van der Waals surface area contributed by atoms with Gasteiger partial charge in [-0.15, -0.1) is 0 Å². The predicted octanol–water partition coefficient (Wildman–Crippen LogP) is 0.0190. The molecule has 8 heteroatoms. The Morgan fingerprint density at radius 3 is 2.15 bits per heavy atom. The Hall–Kier alpha value is -2.35. The van der Waals surface area contributed by atoms with Crippen LogP contribution < -0.4 is 5.56 Å². The van der Waals surface area contributed by atoms with Crippen molar-refractivity contribution in [2.75, 3.05) is 45.8 Å². The van der Waals surface area contributed by atoms with Crippen LogP contribution in [0.15, 0.2) is 16.9 Å². The van der Waals surface area contributed by atoms with Gasteiger partial charge in [-0.3, -0.25) is 19.3 Å². The fourth-order valence-electron chi connectivity index (χ4n) is 3.80. The van der Waals surface area contributed by atoms with Crippen LogP contribution >= 0.6 is 0 Å². The first-order chi connectivity index (χ1) is 12.9. The first-order valence-corrected chi connectivity index (χ1v) is 9.62. The lowest BCUT2D eigenvalue weighted by Gasteiger charge is -2.35. The minimum atomic E-state index is -0.308. The summed E-state index contributed by atoms with van der Waals surface area (Å²) in [7, 11) is 0. The molecule has 2 amide bonds. The highest BCUT2D eigenvalue weighted by molar-refractivity contribution is 5.79. The molecule has 3 rings (SSSR count). The lowest BCUT2D eigenvalue weighted by Crippen LogP contribution is -2.52. The number of rotatable bonds is 5. The molecule has 0 spiro atoms. The second-order valence-corrected chi connectivity index (χ2v) is 7.34. The number of carbonyl (C=O) groups excluding carboxylic acids is 2. The SMILES string of the molecule is Cc1cc(O)cc(=O)n1CCC(=O)N1CCN(C(=O)CN2CCCC2)CC1. The number of aromatic nitrogens is 1. The van der Waals surface area contributed by atoms with Crippen molar-refractivity contribution >= 4 is 11.8 Å². The topological polar surface area (TPSA) is 86.1 Å². The number of carbonyl (C=O) groups is 2. The molecule has 1 aromatic heterocycles. The molecule has 2 aliphatic heterocycles. The third-order valence-corrected chi connectivity index (χ3v) is 5.41. The van der Waals surface area contributed by atoms with E-state index in [2.05, 4.69) is 4.90 Å². The van der Waals surface area contributed by atoms with Crippen molar-refractivity contribution in [3.63, 3.8) is 0 Å². The van der Waals surface area contributed by atoms with Crippen LogP contribution in [0.4, 0.5) is 0 Å². The average molecular weight is 376 g/mol. The van der Waals surface area contributed by atoms with E-state index in [0.29, 0.717) is 38.4 Å². The maximum atomic E-state index is 12.5. The van der Waals surface area contributed by atoms with E-state index in [0.717, 1.165) is 19.2 Å². The van der Waals surface area contributed by atoms with Gasteiger partial charge in [0.15, 0.2) is 0 Å². The summed E-state index contributed by atoms with van der Waals surface area (Å²) in [5, 5.41) is 9.44. The van der Waals surface area contributed by atoms with E-state index < -0.39 is 0 Å². The zero-order valence-electron chi connectivity index (χ0n) is 15.9. The smallest absolute Gasteiger partial charge is 0.254 e. The molecule has 0 aromatic carbocycles. The van der Waals surface area contributed by atoms with Crippen LogP contribution in [0.5, 0.6) is 5.75 Å². The number of amides is 2. The second kappa shape index (κ2) is 8.56. The van der Waals surface area contributed by atoms with Gasteiger partial charge in [0.05, 0.1) is 6.54 Å². The fraction of sp³-hybridized carbons (Fsp3) is 0.632. The molecule has 148 valence electrons. The van der Waals surface area contributed by atoms with E-state index in [1.165, 1.54) is 23.5 Å². The minimum absolute atomic E-state index is 0.0129. The largest absolute Gasteiger partial charge is 0.508 e. The van der Waals surface area contributed by atoms with E-state index >= 15 is 0 Å². The van der Waals surface area contributed by atoms with Crippen molar-refractivity contribution in [2.24, 2.45) is 0 Å². The molecule has 0 saturated carbocycles. The van der Waals surface area contributed by atoms with Crippen molar-refractivity contribution in [3.8, 4) is 5.75 Å². The molecule has 2 fully saturated rings. The molecule has 2 saturated heterocycles. The quantitative estimate of drug-likeness (QED) is 0.783. The standard InChI is InChI=1S/C19H28N4O4/c1-15-12-16(24)13-18(26)23(15)7-4-17(25)21-8-10-22(11-9-21)19(27)14-20-5-2-3-6-20/h12-13,24H,2-11,14H2,1H3. The van der Waals surface area contributed by atoms with E-state index in [-0.39, 0.29) is 36.1 Å². The number of nitrogens with zero attached hydrogens (tertiary/aromatic N) is 4. The Kier molecular flexibility index (Phi) is 6.15. The first-order valence-electron chi connectivity index (χ1n) is 9.62. The molecule has 1 N–H and O–H groups in total. The molecule has 2 aliphatic rings. The molecule has 8 nitrogen and oxygen atoms in total. The van der Waals surface area contributed by atoms with Crippen LogP contribution in [0.1, 0.15) is 25.0 Å². The van der Waals surface area contributed by atoms with E-state index in [1.807, 2.05) is 4.90 Å².